The Morgan fingerprint density at radius 1 is 1.24 bits per heavy atom. The van der Waals surface area contributed by atoms with Crippen molar-refractivity contribution < 1.29 is 9.53 Å². The molecule has 1 heterocycles. The van der Waals surface area contributed by atoms with Crippen LogP contribution in [0.15, 0.2) is 24.3 Å². The number of likely N-dealkylation sites (tertiary alicyclic amines) is 1. The highest BCUT2D eigenvalue weighted by molar-refractivity contribution is 5.81. The summed E-state index contributed by atoms with van der Waals surface area (Å²) in [4.78, 5) is 13.6. The van der Waals surface area contributed by atoms with Crippen LogP contribution >= 0.6 is 0 Å². The zero-order valence-corrected chi connectivity index (χ0v) is 9.63. The summed E-state index contributed by atoms with van der Waals surface area (Å²) in [7, 11) is 0. The largest absolute Gasteiger partial charge is 0.487 e. The quantitative estimate of drug-likeness (QED) is 0.798. The van der Waals surface area contributed by atoms with Gasteiger partial charge in [0.1, 0.15) is 11.9 Å². The molecule has 1 amide bonds. The molecule has 1 saturated heterocycles. The Bertz CT molecular complexity index is 420. The van der Waals surface area contributed by atoms with Gasteiger partial charge in [0, 0.05) is 11.6 Å². The molecule has 4 nitrogen and oxygen atoms in total. The number of rotatable bonds is 3. The molecule has 3 rings (SSSR count). The van der Waals surface area contributed by atoms with Gasteiger partial charge in [-0.25, -0.2) is 0 Å². The number of hydrogen-bond acceptors (Lipinski definition) is 3. The lowest BCUT2D eigenvalue weighted by Gasteiger charge is -2.39. The number of amides is 1. The van der Waals surface area contributed by atoms with Crippen molar-refractivity contribution in [2.45, 2.75) is 18.9 Å². The number of ether oxygens (including phenoxy) is 1. The third-order valence-electron chi connectivity index (χ3n) is 3.27. The summed E-state index contributed by atoms with van der Waals surface area (Å²) in [6, 6.07) is 7.36. The van der Waals surface area contributed by atoms with E-state index in [9.17, 15) is 4.79 Å². The van der Waals surface area contributed by atoms with Crippen LogP contribution in [0.2, 0.25) is 0 Å². The molecular formula is C13H16N2O2. The highest BCUT2D eigenvalue weighted by atomic mass is 16.5. The second kappa shape index (κ2) is 3.95. The maximum atomic E-state index is 11.7. The van der Waals surface area contributed by atoms with Crippen LogP contribution < -0.4 is 10.5 Å². The molecule has 2 fully saturated rings. The first kappa shape index (κ1) is 10.4. The summed E-state index contributed by atoms with van der Waals surface area (Å²) in [5.74, 6) is 1.44. The van der Waals surface area contributed by atoms with Crippen molar-refractivity contribution in [2.75, 3.05) is 18.8 Å². The third-order valence-corrected chi connectivity index (χ3v) is 3.27. The first-order chi connectivity index (χ1) is 8.22. The molecule has 0 bridgehead atoms. The third kappa shape index (κ3) is 2.20. The summed E-state index contributed by atoms with van der Waals surface area (Å²) >= 11 is 0. The fourth-order valence-electron chi connectivity index (χ4n) is 2.02. The van der Waals surface area contributed by atoms with Gasteiger partial charge in [-0.1, -0.05) is 0 Å². The van der Waals surface area contributed by atoms with E-state index in [0.29, 0.717) is 11.8 Å². The summed E-state index contributed by atoms with van der Waals surface area (Å²) in [5.41, 5.74) is 6.33. The van der Waals surface area contributed by atoms with E-state index in [2.05, 4.69) is 0 Å². The van der Waals surface area contributed by atoms with Gasteiger partial charge in [0.2, 0.25) is 5.91 Å². The van der Waals surface area contributed by atoms with Gasteiger partial charge in [-0.15, -0.1) is 0 Å². The van der Waals surface area contributed by atoms with Gasteiger partial charge < -0.3 is 15.4 Å². The number of nitrogen functional groups attached to an aromatic ring is 1. The number of benzene rings is 1. The molecule has 1 saturated carbocycles. The first-order valence-electron chi connectivity index (χ1n) is 6.03. The zero-order valence-electron chi connectivity index (χ0n) is 9.63. The molecule has 0 spiro atoms. The molecule has 0 aromatic heterocycles. The Hall–Kier alpha value is -1.71. The maximum absolute atomic E-state index is 11.7. The molecule has 1 aliphatic heterocycles. The predicted molar refractivity (Wildman–Crippen MR) is 64.6 cm³/mol. The van der Waals surface area contributed by atoms with Crippen molar-refractivity contribution in [2.24, 2.45) is 5.92 Å². The van der Waals surface area contributed by atoms with Gasteiger partial charge in [0.25, 0.3) is 0 Å². The van der Waals surface area contributed by atoms with Crippen LogP contribution in [-0.4, -0.2) is 30.0 Å². The molecule has 1 aromatic carbocycles. The van der Waals surface area contributed by atoms with Crippen LogP contribution in [0, 0.1) is 5.92 Å². The van der Waals surface area contributed by atoms with E-state index < -0.39 is 0 Å². The van der Waals surface area contributed by atoms with Crippen LogP contribution in [-0.2, 0) is 4.79 Å². The topological polar surface area (TPSA) is 55.6 Å². The molecule has 4 heteroatoms. The Morgan fingerprint density at radius 3 is 2.47 bits per heavy atom. The van der Waals surface area contributed by atoms with Crippen molar-refractivity contribution >= 4 is 11.6 Å². The summed E-state index contributed by atoms with van der Waals surface area (Å²) in [6.45, 7) is 1.44. The van der Waals surface area contributed by atoms with Crippen LogP contribution in [0.25, 0.3) is 0 Å². The van der Waals surface area contributed by atoms with Crippen LogP contribution in [0.3, 0.4) is 0 Å². The number of carbonyl (C=O) groups is 1. The van der Waals surface area contributed by atoms with E-state index in [1.54, 1.807) is 0 Å². The Labute approximate surface area is 100 Å². The number of anilines is 1. The predicted octanol–water partition coefficient (Wildman–Crippen LogP) is 1.27. The van der Waals surface area contributed by atoms with E-state index in [1.807, 2.05) is 29.2 Å². The lowest BCUT2D eigenvalue weighted by molar-refractivity contribution is -0.141. The minimum absolute atomic E-state index is 0.140. The van der Waals surface area contributed by atoms with Crippen LogP contribution in [0.5, 0.6) is 5.75 Å². The summed E-state index contributed by atoms with van der Waals surface area (Å²) in [6.07, 6.45) is 2.28. The SMILES string of the molecule is Nc1ccc(OC2CN(C(=O)C3CC3)C2)cc1. The van der Waals surface area contributed by atoms with E-state index in [-0.39, 0.29) is 6.10 Å². The number of hydrogen-bond donors (Lipinski definition) is 1. The van der Waals surface area contributed by atoms with Crippen molar-refractivity contribution in [3.8, 4) is 5.75 Å². The fraction of sp³-hybridized carbons (Fsp3) is 0.462. The fourth-order valence-corrected chi connectivity index (χ4v) is 2.02. The average Bonchev–Trinajstić information content (AvgIpc) is 3.08. The molecule has 90 valence electrons. The van der Waals surface area contributed by atoms with E-state index in [4.69, 9.17) is 10.5 Å². The molecule has 1 aromatic rings. The van der Waals surface area contributed by atoms with E-state index in [1.165, 1.54) is 0 Å². The lowest BCUT2D eigenvalue weighted by atomic mass is 10.1. The molecule has 0 radical (unpaired) electrons. The van der Waals surface area contributed by atoms with Crippen molar-refractivity contribution in [1.82, 2.24) is 4.90 Å². The average molecular weight is 232 g/mol. The van der Waals surface area contributed by atoms with Gasteiger partial charge in [-0.3, -0.25) is 4.79 Å². The van der Waals surface area contributed by atoms with Gasteiger partial charge in [-0.2, -0.15) is 0 Å². The van der Waals surface area contributed by atoms with Crippen molar-refractivity contribution in [3.63, 3.8) is 0 Å². The first-order valence-corrected chi connectivity index (χ1v) is 6.03. The molecule has 2 aliphatic rings. The monoisotopic (exact) mass is 232 g/mol. The van der Waals surface area contributed by atoms with Crippen molar-refractivity contribution in [3.05, 3.63) is 24.3 Å². The number of carbonyl (C=O) groups excluding carboxylic acids is 1. The van der Waals surface area contributed by atoms with Gasteiger partial charge in [-0.05, 0) is 37.1 Å². The second-order valence-corrected chi connectivity index (χ2v) is 4.83. The van der Waals surface area contributed by atoms with E-state index >= 15 is 0 Å². The van der Waals surface area contributed by atoms with Gasteiger partial charge >= 0.3 is 0 Å². The molecule has 1 aliphatic carbocycles. The van der Waals surface area contributed by atoms with Crippen molar-refractivity contribution in [1.29, 1.82) is 0 Å². The van der Waals surface area contributed by atoms with Crippen LogP contribution in [0.4, 0.5) is 5.69 Å². The smallest absolute Gasteiger partial charge is 0.225 e. The normalized spacial score (nSPS) is 19.9. The van der Waals surface area contributed by atoms with Gasteiger partial charge in [0.15, 0.2) is 0 Å². The minimum Gasteiger partial charge on any atom is -0.487 e. The summed E-state index contributed by atoms with van der Waals surface area (Å²) < 4.78 is 5.74. The maximum Gasteiger partial charge on any atom is 0.225 e. The number of nitrogens with two attached hydrogens (primary N) is 1. The molecule has 0 unspecified atom stereocenters. The highest BCUT2D eigenvalue weighted by Gasteiger charge is 2.39. The Balaban J connectivity index is 1.49. The lowest BCUT2D eigenvalue weighted by Crippen LogP contribution is -2.56. The molecule has 2 N–H and O–H groups in total. The van der Waals surface area contributed by atoms with Gasteiger partial charge in [0.05, 0.1) is 13.1 Å². The minimum atomic E-state index is 0.140. The van der Waals surface area contributed by atoms with E-state index in [0.717, 1.165) is 37.4 Å². The Kier molecular flexibility index (Phi) is 2.42. The highest BCUT2D eigenvalue weighted by Crippen LogP contribution is 2.33. The number of nitrogens with zero attached hydrogens (tertiary/aromatic N) is 1. The molecule has 17 heavy (non-hydrogen) atoms. The second-order valence-electron chi connectivity index (χ2n) is 4.83. The molecular weight excluding hydrogens is 216 g/mol. The summed E-state index contributed by atoms with van der Waals surface area (Å²) in [5, 5.41) is 0. The zero-order chi connectivity index (χ0) is 11.8. The van der Waals surface area contributed by atoms with Crippen LogP contribution in [0.1, 0.15) is 12.8 Å². The molecule has 0 atom stereocenters. The standard InChI is InChI=1S/C13H16N2O2/c14-10-3-5-11(6-4-10)17-12-7-15(8-12)13(16)9-1-2-9/h3-6,9,12H,1-2,7-8,14H2. The Morgan fingerprint density at radius 2 is 1.88 bits per heavy atom.